The molecule has 0 aliphatic carbocycles. The van der Waals surface area contributed by atoms with Crippen LogP contribution in [0.15, 0.2) is 47.2 Å². The van der Waals surface area contributed by atoms with Gasteiger partial charge in [-0.25, -0.2) is 0 Å². The lowest BCUT2D eigenvalue weighted by Gasteiger charge is -2.38. The third kappa shape index (κ3) is 25.8. The zero-order chi connectivity index (χ0) is 70.3. The molecule has 2 aliphatic heterocycles. The molecular formula is C90H142O4S6. The second-order valence-electron chi connectivity index (χ2n) is 30.9. The van der Waals surface area contributed by atoms with E-state index >= 15 is 0 Å². The molecule has 0 aromatic carbocycles. The van der Waals surface area contributed by atoms with Crippen LogP contribution in [-0.4, -0.2) is 13.2 Å². The molecule has 100 heavy (non-hydrogen) atoms. The summed E-state index contributed by atoms with van der Waals surface area (Å²) in [4.78, 5) is 13.5. The molecule has 0 fully saturated rings. The largest absolute Gasteiger partial charge is 0.492 e. The van der Waals surface area contributed by atoms with E-state index in [0.717, 1.165) is 74.7 Å². The number of fused-ring (bicyclic) bond motifs is 6. The van der Waals surface area contributed by atoms with E-state index < -0.39 is 0 Å². The molecule has 0 spiro atoms. The van der Waals surface area contributed by atoms with E-state index in [0.29, 0.717) is 11.8 Å². The summed E-state index contributed by atoms with van der Waals surface area (Å²) in [6.07, 6.45) is 67.7. The monoisotopic (exact) mass is 1480 g/mol. The third-order valence-corrected chi connectivity index (χ3v) is 29.8. The maximum absolute atomic E-state index is 8.02. The molecule has 0 radical (unpaired) electrons. The standard InChI is InChI=1S/C90H142O4S6/c1-9-17-23-27-31-35-39-43-47-51-59-89(60-52-48-44-40-36-32-28-24-18-10-2)73-65-79(97-83(73)88-78(94-89)68-82(100-88)86-76(58-64-96-86)92-70-72(16-8)56-22-14-6)80-67-77-87(98-80)84-74(66-81(99-84)85-75(57-63-95-85)91-69-71(15-7)55-21-13-5)90(93-77,61-53-49-45-41-37-33-29-25-19-11-3)62-54-50-46-42-38-34-30-26-20-12-4/h57-58,63-68,71-72H,9-56,59-62,69-70H2,1-8H3. The average Bonchev–Trinajstić information content (AvgIpc) is 1.56. The van der Waals surface area contributed by atoms with Gasteiger partial charge < -0.3 is 18.9 Å². The fourth-order valence-corrected chi connectivity index (χ4v) is 22.9. The molecule has 6 aromatic rings. The Morgan fingerprint density at radius 3 is 0.910 bits per heavy atom. The minimum Gasteiger partial charge on any atom is -0.492 e. The number of hydrogen-bond acceptors (Lipinski definition) is 10. The molecule has 2 atom stereocenters. The molecule has 562 valence electrons. The van der Waals surface area contributed by atoms with Crippen LogP contribution in [0.25, 0.3) is 48.8 Å². The van der Waals surface area contributed by atoms with Gasteiger partial charge in [0, 0.05) is 37.9 Å². The first-order chi connectivity index (χ1) is 49.3. The molecule has 0 bridgehead atoms. The minimum absolute atomic E-state index is 0.372. The molecule has 0 amide bonds. The molecule has 8 rings (SSSR count). The van der Waals surface area contributed by atoms with E-state index in [1.165, 1.54) is 355 Å². The minimum atomic E-state index is -0.381. The van der Waals surface area contributed by atoms with E-state index in [-0.39, 0.29) is 11.2 Å². The second-order valence-corrected chi connectivity index (χ2v) is 37.0. The van der Waals surface area contributed by atoms with E-state index in [9.17, 15) is 0 Å². The van der Waals surface area contributed by atoms with E-state index in [1.54, 1.807) is 0 Å². The van der Waals surface area contributed by atoms with Crippen molar-refractivity contribution in [2.75, 3.05) is 13.2 Å². The lowest BCUT2D eigenvalue weighted by atomic mass is 9.81. The highest BCUT2D eigenvalue weighted by molar-refractivity contribution is 7.31. The van der Waals surface area contributed by atoms with Gasteiger partial charge in [-0.05, 0) is 111 Å². The SMILES string of the molecule is CCCCCCCCCCCCC1(CCCCCCCCCCCC)Oc2cc(-c3sccc3OCC(CC)CCCC)sc2-c2sc(-c3cc4c(s3)-c3sc(-c5sccc5OCC(CC)CCCC)cc3C(CCCCCCCCCCCC)(CCCCCCCCCCCC)O4)cc21. The number of rotatable bonds is 61. The van der Waals surface area contributed by atoms with Crippen LogP contribution in [0.5, 0.6) is 23.0 Å². The smallest absolute Gasteiger partial charge is 0.140 e. The Labute approximate surface area is 637 Å². The average molecular weight is 1480 g/mol. The molecule has 6 aromatic heterocycles. The normalized spacial score (nSPS) is 14.2. The van der Waals surface area contributed by atoms with Crippen LogP contribution in [0.2, 0.25) is 0 Å². The summed E-state index contributed by atoms with van der Waals surface area (Å²) in [6.45, 7) is 20.2. The summed E-state index contributed by atoms with van der Waals surface area (Å²) in [5.74, 6) is 5.50. The van der Waals surface area contributed by atoms with Crippen molar-refractivity contribution in [3.05, 3.63) is 58.3 Å². The first-order valence-corrected chi connectivity index (χ1v) is 47.7. The first kappa shape index (κ1) is 83.0. The zero-order valence-electron chi connectivity index (χ0n) is 65.0. The summed E-state index contributed by atoms with van der Waals surface area (Å²) in [7, 11) is 0. The van der Waals surface area contributed by atoms with Gasteiger partial charge in [0.05, 0.1) is 47.4 Å². The molecule has 8 heterocycles. The van der Waals surface area contributed by atoms with Crippen LogP contribution in [0.1, 0.15) is 400 Å². The molecule has 0 N–H and O–H groups in total. The van der Waals surface area contributed by atoms with E-state index in [4.69, 9.17) is 18.9 Å². The lowest BCUT2D eigenvalue weighted by molar-refractivity contribution is 0.0396. The van der Waals surface area contributed by atoms with Gasteiger partial charge in [-0.1, -0.05) is 325 Å². The molecule has 0 saturated heterocycles. The summed E-state index contributed by atoms with van der Waals surface area (Å²) in [5.41, 5.74) is 2.16. The van der Waals surface area contributed by atoms with E-state index in [2.05, 4.69) is 114 Å². The van der Waals surface area contributed by atoms with Crippen molar-refractivity contribution < 1.29 is 18.9 Å². The summed E-state index contributed by atoms with van der Waals surface area (Å²) in [5, 5.41) is 4.53. The Bertz CT molecular complexity index is 3020. The molecule has 4 nitrogen and oxygen atoms in total. The van der Waals surface area contributed by atoms with Crippen molar-refractivity contribution in [1.29, 1.82) is 0 Å². The maximum atomic E-state index is 8.02. The zero-order valence-corrected chi connectivity index (χ0v) is 69.9. The van der Waals surface area contributed by atoms with Crippen molar-refractivity contribution in [3.63, 3.8) is 0 Å². The van der Waals surface area contributed by atoms with Crippen LogP contribution >= 0.6 is 68.0 Å². The van der Waals surface area contributed by atoms with Crippen molar-refractivity contribution >= 4 is 68.0 Å². The Hall–Kier alpha value is -2.60. The van der Waals surface area contributed by atoms with Crippen molar-refractivity contribution in [1.82, 2.24) is 0 Å². The van der Waals surface area contributed by atoms with Gasteiger partial charge in [-0.15, -0.1) is 68.0 Å². The number of unbranched alkanes of at least 4 members (excludes halogenated alkanes) is 38. The fourth-order valence-electron chi connectivity index (χ4n) is 16.0. The number of thiophene rings is 6. The van der Waals surface area contributed by atoms with Crippen molar-refractivity contribution in [2.24, 2.45) is 11.8 Å². The van der Waals surface area contributed by atoms with Crippen LogP contribution < -0.4 is 18.9 Å². The van der Waals surface area contributed by atoms with Crippen LogP contribution in [-0.2, 0) is 11.2 Å². The van der Waals surface area contributed by atoms with Gasteiger partial charge in [0.2, 0.25) is 0 Å². The highest BCUT2D eigenvalue weighted by Gasteiger charge is 2.46. The molecule has 2 unspecified atom stereocenters. The predicted octanol–water partition coefficient (Wildman–Crippen LogP) is 34.0. The highest BCUT2D eigenvalue weighted by Crippen LogP contribution is 2.63. The topological polar surface area (TPSA) is 36.9 Å². The van der Waals surface area contributed by atoms with Gasteiger partial charge in [0.1, 0.15) is 34.2 Å². The van der Waals surface area contributed by atoms with Gasteiger partial charge in [-0.3, -0.25) is 0 Å². The first-order valence-electron chi connectivity index (χ1n) is 42.6. The Kier molecular flexibility index (Phi) is 39.7. The van der Waals surface area contributed by atoms with Gasteiger partial charge >= 0.3 is 0 Å². The molecular weight excluding hydrogens is 1340 g/mol. The third-order valence-electron chi connectivity index (χ3n) is 22.6. The fraction of sp³-hybridized carbons (Fsp3) is 0.733. The van der Waals surface area contributed by atoms with Crippen molar-refractivity contribution in [3.8, 4) is 71.8 Å². The lowest BCUT2D eigenvalue weighted by Crippen LogP contribution is -2.35. The van der Waals surface area contributed by atoms with Crippen LogP contribution in [0, 0.1) is 11.8 Å². The second kappa shape index (κ2) is 47.9. The number of hydrogen-bond donors (Lipinski definition) is 0. The maximum Gasteiger partial charge on any atom is 0.140 e. The van der Waals surface area contributed by atoms with Crippen molar-refractivity contribution in [2.45, 2.75) is 400 Å². The summed E-state index contributed by atoms with van der Waals surface area (Å²) in [6, 6.07) is 14.7. The number of ether oxygens (including phenoxy) is 4. The highest BCUT2D eigenvalue weighted by atomic mass is 32.1. The van der Waals surface area contributed by atoms with Crippen LogP contribution in [0.3, 0.4) is 0 Å². The van der Waals surface area contributed by atoms with Crippen LogP contribution in [0.4, 0.5) is 0 Å². The predicted molar refractivity (Wildman–Crippen MR) is 449 cm³/mol. The Morgan fingerprint density at radius 2 is 0.570 bits per heavy atom. The molecule has 0 saturated carbocycles. The van der Waals surface area contributed by atoms with Gasteiger partial charge in [0.25, 0.3) is 0 Å². The van der Waals surface area contributed by atoms with E-state index in [1.807, 2.05) is 56.7 Å². The Morgan fingerprint density at radius 1 is 0.300 bits per heavy atom. The molecule has 2 aliphatic rings. The summed E-state index contributed by atoms with van der Waals surface area (Å²) >= 11 is 11.8. The summed E-state index contributed by atoms with van der Waals surface area (Å²) < 4.78 is 29.7. The quantitative estimate of drug-likeness (QED) is 0.0357. The van der Waals surface area contributed by atoms with Gasteiger partial charge in [0.15, 0.2) is 0 Å². The molecule has 10 heteroatoms. The Balaban J connectivity index is 1.17. The van der Waals surface area contributed by atoms with Gasteiger partial charge in [-0.2, -0.15) is 0 Å².